The first-order valence-electron chi connectivity index (χ1n) is 12.8. The molecule has 0 amide bonds. The highest BCUT2D eigenvalue weighted by atomic mass is 32.1. The topological polar surface area (TPSA) is 30.5 Å². The monoisotopic (exact) mass is 462 g/mol. The molecule has 2 aromatic carbocycles. The van der Waals surface area contributed by atoms with Crippen LogP contribution >= 0.6 is 12.2 Å². The highest BCUT2D eigenvalue weighted by molar-refractivity contribution is 7.80. The second kappa shape index (κ2) is 11.0. The summed E-state index contributed by atoms with van der Waals surface area (Å²) in [7, 11) is 0. The van der Waals surface area contributed by atoms with Gasteiger partial charge in [0.2, 0.25) is 0 Å². The fourth-order valence-corrected chi connectivity index (χ4v) is 6.43. The molecule has 4 nitrogen and oxygen atoms in total. The van der Waals surface area contributed by atoms with Crippen molar-refractivity contribution in [3.8, 4) is 0 Å². The van der Waals surface area contributed by atoms with Crippen LogP contribution < -0.4 is 10.6 Å². The van der Waals surface area contributed by atoms with Gasteiger partial charge in [-0.15, -0.1) is 0 Å². The van der Waals surface area contributed by atoms with Gasteiger partial charge in [-0.05, 0) is 99.4 Å². The quantitative estimate of drug-likeness (QED) is 0.586. The van der Waals surface area contributed by atoms with Gasteiger partial charge in [-0.25, -0.2) is 0 Å². The van der Waals surface area contributed by atoms with Gasteiger partial charge in [0.1, 0.15) is 0 Å². The second-order valence-corrected chi connectivity index (χ2v) is 10.7. The van der Waals surface area contributed by atoms with Gasteiger partial charge in [0.15, 0.2) is 5.11 Å². The number of para-hydroxylation sites is 1. The molecule has 6 rings (SSSR count). The minimum absolute atomic E-state index is 0.618. The molecule has 5 heteroatoms. The van der Waals surface area contributed by atoms with E-state index in [0.717, 1.165) is 35.1 Å². The number of piperidine rings is 4. The Balaban J connectivity index is 1.04. The summed E-state index contributed by atoms with van der Waals surface area (Å²) in [5.41, 5.74) is 2.56. The fourth-order valence-electron chi connectivity index (χ4n) is 6.23. The first-order chi connectivity index (χ1) is 16.2. The summed E-state index contributed by atoms with van der Waals surface area (Å²) in [6.45, 7) is 7.34. The van der Waals surface area contributed by atoms with E-state index in [1.165, 1.54) is 70.4 Å². The van der Waals surface area contributed by atoms with E-state index in [0.29, 0.717) is 6.04 Å². The Labute approximate surface area is 204 Å². The Bertz CT molecular complexity index is 881. The van der Waals surface area contributed by atoms with Crippen LogP contribution in [0.1, 0.15) is 31.2 Å². The lowest BCUT2D eigenvalue weighted by Gasteiger charge is -2.51. The molecule has 33 heavy (non-hydrogen) atoms. The molecule has 4 fully saturated rings. The van der Waals surface area contributed by atoms with Crippen molar-refractivity contribution in [2.75, 3.05) is 44.6 Å². The number of hydrogen-bond donors (Lipinski definition) is 2. The molecule has 0 radical (unpaired) electrons. The summed E-state index contributed by atoms with van der Waals surface area (Å²) < 4.78 is 0. The lowest BCUT2D eigenvalue weighted by atomic mass is 9.75. The highest BCUT2D eigenvalue weighted by Gasteiger charge is 2.40. The number of nitrogens with one attached hydrogen (secondary N) is 2. The van der Waals surface area contributed by atoms with E-state index in [9.17, 15) is 0 Å². The average molecular weight is 463 g/mol. The number of nitrogens with zero attached hydrogens (tertiary/aromatic N) is 2. The van der Waals surface area contributed by atoms with Crippen LogP contribution in [0.4, 0.5) is 5.69 Å². The van der Waals surface area contributed by atoms with Crippen LogP contribution in [0, 0.1) is 17.8 Å². The molecule has 4 saturated heterocycles. The highest BCUT2D eigenvalue weighted by Crippen LogP contribution is 2.37. The predicted octanol–water partition coefficient (Wildman–Crippen LogP) is 4.64. The number of likely N-dealkylation sites (tertiary alicyclic amines) is 1. The van der Waals surface area contributed by atoms with Gasteiger partial charge in [-0.2, -0.15) is 0 Å². The van der Waals surface area contributed by atoms with Gasteiger partial charge >= 0.3 is 0 Å². The van der Waals surface area contributed by atoms with Crippen LogP contribution in [0.15, 0.2) is 60.7 Å². The number of anilines is 1. The van der Waals surface area contributed by atoms with Crippen molar-refractivity contribution >= 4 is 23.0 Å². The Morgan fingerprint density at radius 2 is 1.64 bits per heavy atom. The molecule has 2 N–H and O–H groups in total. The smallest absolute Gasteiger partial charge is 0.170 e. The predicted molar refractivity (Wildman–Crippen MR) is 142 cm³/mol. The third kappa shape index (κ3) is 6.14. The summed E-state index contributed by atoms with van der Waals surface area (Å²) in [5, 5.41) is 7.51. The number of fused-ring (bicyclic) bond motifs is 3. The molecule has 4 aliphatic rings. The molecule has 2 aromatic rings. The maximum atomic E-state index is 5.53. The standard InChI is InChI=1S/C28H38N4S/c33-28(30-26-9-5-2-6-10-26)29-19-27-18-24-13-16-32(27)21-25(24)20-31-14-11-23(12-15-31)17-22-7-3-1-4-8-22/h1-10,23-25,27H,11-21H2,(H2,29,30,33)/t24-,25-,27+/m0/s1. The largest absolute Gasteiger partial charge is 0.361 e. The zero-order valence-corrected chi connectivity index (χ0v) is 20.5. The third-order valence-electron chi connectivity index (χ3n) is 8.11. The summed E-state index contributed by atoms with van der Waals surface area (Å²) >= 11 is 5.53. The van der Waals surface area contributed by atoms with E-state index in [1.54, 1.807) is 0 Å². The Hall–Kier alpha value is -1.95. The van der Waals surface area contributed by atoms with Gasteiger partial charge in [0.05, 0.1) is 0 Å². The maximum absolute atomic E-state index is 5.53. The summed E-state index contributed by atoms with van der Waals surface area (Å²) in [4.78, 5) is 5.49. The number of hydrogen-bond acceptors (Lipinski definition) is 3. The van der Waals surface area contributed by atoms with Crippen LogP contribution in [0.5, 0.6) is 0 Å². The molecular weight excluding hydrogens is 424 g/mol. The van der Waals surface area contributed by atoms with E-state index in [4.69, 9.17) is 12.2 Å². The molecule has 4 aliphatic heterocycles. The first-order valence-corrected chi connectivity index (χ1v) is 13.2. The van der Waals surface area contributed by atoms with Gasteiger partial charge in [0, 0.05) is 31.4 Å². The normalized spacial score (nSPS) is 27.9. The lowest BCUT2D eigenvalue weighted by molar-refractivity contribution is -0.0141. The van der Waals surface area contributed by atoms with Crippen molar-refractivity contribution in [3.05, 3.63) is 66.2 Å². The van der Waals surface area contributed by atoms with Crippen molar-refractivity contribution in [1.82, 2.24) is 15.1 Å². The van der Waals surface area contributed by atoms with Crippen molar-refractivity contribution in [3.63, 3.8) is 0 Å². The fraction of sp³-hybridized carbons (Fsp3) is 0.536. The molecule has 0 spiro atoms. The minimum atomic E-state index is 0.618. The maximum Gasteiger partial charge on any atom is 0.170 e. The summed E-state index contributed by atoms with van der Waals surface area (Å²) in [6, 6.07) is 21.8. The van der Waals surface area contributed by atoms with E-state index in [-0.39, 0.29) is 0 Å². The van der Waals surface area contributed by atoms with Crippen LogP contribution in [0.2, 0.25) is 0 Å². The molecule has 0 aromatic heterocycles. The van der Waals surface area contributed by atoms with E-state index < -0.39 is 0 Å². The summed E-state index contributed by atoms with van der Waals surface area (Å²) in [6.07, 6.45) is 6.65. The molecule has 4 heterocycles. The minimum Gasteiger partial charge on any atom is -0.361 e. The molecule has 4 atom stereocenters. The summed E-state index contributed by atoms with van der Waals surface area (Å²) in [5.74, 6) is 2.58. The molecule has 0 aliphatic carbocycles. The number of thiocarbonyl (C=S) groups is 1. The Morgan fingerprint density at radius 3 is 2.33 bits per heavy atom. The van der Waals surface area contributed by atoms with Crippen LogP contribution in [0.3, 0.4) is 0 Å². The molecule has 2 bridgehead atoms. The zero-order chi connectivity index (χ0) is 22.5. The average Bonchev–Trinajstić information content (AvgIpc) is 2.86. The Kier molecular flexibility index (Phi) is 7.60. The van der Waals surface area contributed by atoms with Crippen LogP contribution in [-0.2, 0) is 6.42 Å². The first kappa shape index (κ1) is 22.8. The lowest BCUT2D eigenvalue weighted by Crippen LogP contribution is -2.58. The van der Waals surface area contributed by atoms with Crippen molar-refractivity contribution in [2.24, 2.45) is 17.8 Å². The van der Waals surface area contributed by atoms with E-state index in [2.05, 4.69) is 62.9 Å². The molecule has 176 valence electrons. The van der Waals surface area contributed by atoms with E-state index >= 15 is 0 Å². The van der Waals surface area contributed by atoms with Crippen molar-refractivity contribution in [2.45, 2.75) is 38.1 Å². The molecule has 0 saturated carbocycles. The number of rotatable bonds is 7. The van der Waals surface area contributed by atoms with Gasteiger partial charge in [-0.3, -0.25) is 4.90 Å². The second-order valence-electron chi connectivity index (χ2n) is 10.3. The van der Waals surface area contributed by atoms with Crippen LogP contribution in [-0.4, -0.2) is 60.2 Å². The van der Waals surface area contributed by atoms with E-state index in [1.807, 2.05) is 18.2 Å². The van der Waals surface area contributed by atoms with Crippen molar-refractivity contribution in [1.29, 1.82) is 0 Å². The van der Waals surface area contributed by atoms with Gasteiger partial charge in [-0.1, -0.05) is 48.5 Å². The van der Waals surface area contributed by atoms with Crippen LogP contribution in [0.25, 0.3) is 0 Å². The SMILES string of the molecule is S=C(NC[C@H]1C[C@@H]2CCN1C[C@@H]2CN1CCC(Cc2ccccc2)CC1)Nc1ccccc1. The zero-order valence-electron chi connectivity index (χ0n) is 19.7. The molecular formula is C28H38N4S. The van der Waals surface area contributed by atoms with Gasteiger partial charge < -0.3 is 15.5 Å². The van der Waals surface area contributed by atoms with Gasteiger partial charge in [0.25, 0.3) is 0 Å². The number of benzene rings is 2. The third-order valence-corrected chi connectivity index (χ3v) is 8.36. The Morgan fingerprint density at radius 1 is 0.909 bits per heavy atom. The molecule has 1 unspecified atom stereocenters. The van der Waals surface area contributed by atoms with Crippen molar-refractivity contribution < 1.29 is 0 Å².